The van der Waals surface area contributed by atoms with E-state index in [-0.39, 0.29) is 19.1 Å². The molecule has 23 heavy (non-hydrogen) atoms. The van der Waals surface area contributed by atoms with Crippen molar-refractivity contribution in [1.82, 2.24) is 5.32 Å². The highest BCUT2D eigenvalue weighted by molar-refractivity contribution is 9.10. The Morgan fingerprint density at radius 2 is 1.87 bits per heavy atom. The Balaban J connectivity index is 1.85. The molecule has 0 aliphatic heterocycles. The first-order chi connectivity index (χ1) is 11.1. The molecule has 0 heterocycles. The zero-order chi connectivity index (χ0) is 16.7. The van der Waals surface area contributed by atoms with Gasteiger partial charge in [0, 0.05) is 4.47 Å². The van der Waals surface area contributed by atoms with Crippen LogP contribution in [-0.4, -0.2) is 25.5 Å². The molecule has 0 aliphatic rings. The Bertz CT molecular complexity index is 688. The maximum Gasteiger partial charge on any atom is 0.325 e. The van der Waals surface area contributed by atoms with Gasteiger partial charge in [0.25, 0.3) is 5.91 Å². The summed E-state index contributed by atoms with van der Waals surface area (Å²) in [7, 11) is 1.52. The van der Waals surface area contributed by atoms with E-state index >= 15 is 0 Å². The minimum Gasteiger partial charge on any atom is -0.497 e. The molecular formula is C17H16BrNO4. The second kappa shape index (κ2) is 8.33. The van der Waals surface area contributed by atoms with E-state index < -0.39 is 5.97 Å². The van der Waals surface area contributed by atoms with Crippen molar-refractivity contribution in [2.24, 2.45) is 0 Å². The number of carbonyl (C=O) groups excluding carboxylic acids is 2. The van der Waals surface area contributed by atoms with E-state index in [1.807, 2.05) is 30.3 Å². The lowest BCUT2D eigenvalue weighted by Gasteiger charge is -2.09. The van der Waals surface area contributed by atoms with Crippen molar-refractivity contribution in [3.8, 4) is 5.75 Å². The third kappa shape index (κ3) is 5.10. The summed E-state index contributed by atoms with van der Waals surface area (Å²) in [5, 5.41) is 2.53. The molecule has 0 aliphatic carbocycles. The summed E-state index contributed by atoms with van der Waals surface area (Å²) >= 11 is 3.30. The number of esters is 1. The second-order valence-electron chi connectivity index (χ2n) is 4.67. The molecule has 5 nitrogen and oxygen atoms in total. The molecule has 0 radical (unpaired) electrons. The molecule has 0 spiro atoms. The lowest BCUT2D eigenvalue weighted by Crippen LogP contribution is -2.30. The van der Waals surface area contributed by atoms with Crippen molar-refractivity contribution in [2.75, 3.05) is 13.7 Å². The highest BCUT2D eigenvalue weighted by Crippen LogP contribution is 2.22. The minimum absolute atomic E-state index is 0.179. The SMILES string of the molecule is COc1ccc(Br)c(C(=O)NCC(=O)OCc2ccccc2)c1. The molecule has 0 bridgehead atoms. The van der Waals surface area contributed by atoms with Crippen LogP contribution in [-0.2, 0) is 16.1 Å². The predicted octanol–water partition coefficient (Wildman–Crippen LogP) is 2.93. The van der Waals surface area contributed by atoms with Crippen LogP contribution in [0.3, 0.4) is 0 Å². The molecule has 1 N–H and O–H groups in total. The molecule has 1 amide bonds. The average molecular weight is 378 g/mol. The van der Waals surface area contributed by atoms with Gasteiger partial charge in [0.15, 0.2) is 0 Å². The van der Waals surface area contributed by atoms with Gasteiger partial charge in [-0.3, -0.25) is 9.59 Å². The molecule has 2 aromatic carbocycles. The Morgan fingerprint density at radius 3 is 2.57 bits per heavy atom. The van der Waals surface area contributed by atoms with Crippen molar-refractivity contribution in [3.05, 3.63) is 64.1 Å². The fourth-order valence-corrected chi connectivity index (χ4v) is 2.27. The average Bonchev–Trinajstić information content (AvgIpc) is 2.59. The van der Waals surface area contributed by atoms with Crippen LogP contribution in [0.25, 0.3) is 0 Å². The Hall–Kier alpha value is -2.34. The normalized spacial score (nSPS) is 10.0. The van der Waals surface area contributed by atoms with Gasteiger partial charge in [0.05, 0.1) is 12.7 Å². The summed E-state index contributed by atoms with van der Waals surface area (Å²) in [5.41, 5.74) is 1.28. The van der Waals surface area contributed by atoms with Crippen LogP contribution < -0.4 is 10.1 Å². The molecule has 6 heteroatoms. The first-order valence-corrected chi connectivity index (χ1v) is 7.70. The molecule has 2 rings (SSSR count). The van der Waals surface area contributed by atoms with Gasteiger partial charge in [-0.05, 0) is 39.7 Å². The van der Waals surface area contributed by atoms with Gasteiger partial charge >= 0.3 is 5.97 Å². The first kappa shape index (κ1) is 17.0. The van der Waals surface area contributed by atoms with Gasteiger partial charge < -0.3 is 14.8 Å². The number of benzene rings is 2. The number of halogens is 1. The summed E-state index contributed by atoms with van der Waals surface area (Å²) in [6.45, 7) is -0.0201. The van der Waals surface area contributed by atoms with Gasteiger partial charge in [-0.1, -0.05) is 30.3 Å². The molecule has 0 saturated carbocycles. The zero-order valence-corrected chi connectivity index (χ0v) is 14.1. The van der Waals surface area contributed by atoms with Crippen LogP contribution in [0.15, 0.2) is 53.0 Å². The van der Waals surface area contributed by atoms with Crippen LogP contribution in [0.4, 0.5) is 0 Å². The number of methoxy groups -OCH3 is 1. The van der Waals surface area contributed by atoms with Crippen LogP contribution in [0.1, 0.15) is 15.9 Å². The zero-order valence-electron chi connectivity index (χ0n) is 12.5. The van der Waals surface area contributed by atoms with Crippen molar-refractivity contribution in [1.29, 1.82) is 0 Å². The smallest absolute Gasteiger partial charge is 0.325 e. The molecule has 120 valence electrons. The fraction of sp³-hybridized carbons (Fsp3) is 0.176. The summed E-state index contributed by atoms with van der Waals surface area (Å²) in [6, 6.07) is 14.4. The van der Waals surface area contributed by atoms with E-state index in [0.29, 0.717) is 15.8 Å². The van der Waals surface area contributed by atoms with Gasteiger partial charge in [0.2, 0.25) is 0 Å². The minimum atomic E-state index is -0.499. The van der Waals surface area contributed by atoms with Crippen molar-refractivity contribution in [2.45, 2.75) is 6.61 Å². The summed E-state index contributed by atoms with van der Waals surface area (Å²) < 4.78 is 10.8. The van der Waals surface area contributed by atoms with Gasteiger partial charge in [-0.15, -0.1) is 0 Å². The molecule has 0 unspecified atom stereocenters. The Kier molecular flexibility index (Phi) is 6.17. The third-order valence-corrected chi connectivity index (χ3v) is 3.75. The quantitative estimate of drug-likeness (QED) is 0.786. The van der Waals surface area contributed by atoms with Gasteiger partial charge in [-0.2, -0.15) is 0 Å². The molecule has 0 aromatic heterocycles. The lowest BCUT2D eigenvalue weighted by molar-refractivity contribution is -0.143. The fourth-order valence-electron chi connectivity index (χ4n) is 1.84. The number of ether oxygens (including phenoxy) is 2. The molecular weight excluding hydrogens is 362 g/mol. The first-order valence-electron chi connectivity index (χ1n) is 6.91. The van der Waals surface area contributed by atoms with Crippen molar-refractivity contribution in [3.63, 3.8) is 0 Å². The number of hydrogen-bond acceptors (Lipinski definition) is 4. The third-order valence-electron chi connectivity index (χ3n) is 3.05. The van der Waals surface area contributed by atoms with Gasteiger partial charge in [0.1, 0.15) is 18.9 Å². The maximum absolute atomic E-state index is 12.1. The van der Waals surface area contributed by atoms with E-state index in [0.717, 1.165) is 5.56 Å². The van der Waals surface area contributed by atoms with Crippen LogP contribution in [0, 0.1) is 0 Å². The second-order valence-corrected chi connectivity index (χ2v) is 5.53. The van der Waals surface area contributed by atoms with E-state index in [2.05, 4.69) is 21.2 Å². The number of carbonyl (C=O) groups is 2. The van der Waals surface area contributed by atoms with E-state index in [1.165, 1.54) is 7.11 Å². The largest absolute Gasteiger partial charge is 0.497 e. The molecule has 0 saturated heterocycles. The molecule has 0 atom stereocenters. The number of rotatable bonds is 6. The van der Waals surface area contributed by atoms with Crippen molar-refractivity contribution < 1.29 is 19.1 Å². The highest BCUT2D eigenvalue weighted by atomic mass is 79.9. The van der Waals surface area contributed by atoms with Gasteiger partial charge in [-0.25, -0.2) is 0 Å². The topological polar surface area (TPSA) is 64.6 Å². The summed E-state index contributed by atoms with van der Waals surface area (Å²) in [5.74, 6) is -0.321. The van der Waals surface area contributed by atoms with Crippen LogP contribution >= 0.6 is 15.9 Å². The highest BCUT2D eigenvalue weighted by Gasteiger charge is 2.13. The van der Waals surface area contributed by atoms with Crippen LogP contribution in [0.5, 0.6) is 5.75 Å². The Morgan fingerprint density at radius 1 is 1.13 bits per heavy atom. The molecule has 0 fully saturated rings. The number of nitrogens with one attached hydrogen (secondary N) is 1. The van der Waals surface area contributed by atoms with E-state index in [4.69, 9.17) is 9.47 Å². The maximum atomic E-state index is 12.1. The number of hydrogen-bond donors (Lipinski definition) is 1. The predicted molar refractivity (Wildman–Crippen MR) is 89.3 cm³/mol. The van der Waals surface area contributed by atoms with Crippen molar-refractivity contribution >= 4 is 27.8 Å². The Labute approximate surface area is 142 Å². The summed E-state index contributed by atoms with van der Waals surface area (Å²) in [6.07, 6.45) is 0. The van der Waals surface area contributed by atoms with Crippen LogP contribution in [0.2, 0.25) is 0 Å². The molecule has 2 aromatic rings. The monoisotopic (exact) mass is 377 g/mol. The number of amides is 1. The van der Waals surface area contributed by atoms with E-state index in [1.54, 1.807) is 18.2 Å². The lowest BCUT2D eigenvalue weighted by atomic mass is 10.2. The standard InChI is InChI=1S/C17H16BrNO4/c1-22-13-7-8-15(18)14(9-13)17(21)19-10-16(20)23-11-12-5-3-2-4-6-12/h2-9H,10-11H2,1H3,(H,19,21). The summed E-state index contributed by atoms with van der Waals surface area (Å²) in [4.78, 5) is 23.8. The van der Waals surface area contributed by atoms with E-state index in [9.17, 15) is 9.59 Å².